The third-order valence-corrected chi connectivity index (χ3v) is 14.6. The van der Waals surface area contributed by atoms with Crippen molar-refractivity contribution in [3.8, 4) is 55.6 Å². The van der Waals surface area contributed by atoms with Gasteiger partial charge in [-0.15, -0.1) is 11.3 Å². The van der Waals surface area contributed by atoms with E-state index in [0.29, 0.717) is 0 Å². The average Bonchev–Trinajstić information content (AvgIpc) is 3.98. The highest BCUT2D eigenvalue weighted by atomic mass is 32.1. The molecule has 2 heteroatoms. The minimum absolute atomic E-state index is 0.467. The fourth-order valence-electron chi connectivity index (χ4n) is 10.9. The summed E-state index contributed by atoms with van der Waals surface area (Å²) in [4.78, 5) is 2.54. The quantitative estimate of drug-likeness (QED) is 0.162. The molecule has 2 aliphatic rings. The van der Waals surface area contributed by atoms with Crippen molar-refractivity contribution in [3.05, 3.63) is 259 Å². The van der Waals surface area contributed by atoms with Gasteiger partial charge in [0.25, 0.3) is 0 Å². The van der Waals surface area contributed by atoms with Crippen LogP contribution in [0.4, 0.5) is 17.1 Å². The number of benzene rings is 10. The van der Waals surface area contributed by atoms with Crippen LogP contribution in [0.1, 0.15) is 22.3 Å². The molecule has 1 heterocycles. The highest BCUT2D eigenvalue weighted by Crippen LogP contribution is 2.63. The Balaban J connectivity index is 1.13. The van der Waals surface area contributed by atoms with Gasteiger partial charge in [-0.1, -0.05) is 200 Å². The van der Waals surface area contributed by atoms with Crippen molar-refractivity contribution in [2.75, 3.05) is 4.90 Å². The summed E-state index contributed by atoms with van der Waals surface area (Å²) in [5.74, 6) is 0. The van der Waals surface area contributed by atoms with Gasteiger partial charge in [0.05, 0.1) is 11.1 Å². The van der Waals surface area contributed by atoms with E-state index in [0.717, 1.165) is 17.1 Å². The van der Waals surface area contributed by atoms with Crippen LogP contribution in [0.25, 0.3) is 75.8 Å². The normalized spacial score (nSPS) is 12.9. The van der Waals surface area contributed by atoms with Gasteiger partial charge in [0.1, 0.15) is 0 Å². The van der Waals surface area contributed by atoms with E-state index in [2.05, 4.69) is 241 Å². The summed E-state index contributed by atoms with van der Waals surface area (Å²) in [5, 5.41) is 2.59. The van der Waals surface area contributed by atoms with Crippen LogP contribution in [0, 0.1) is 0 Å². The van der Waals surface area contributed by atoms with Gasteiger partial charge < -0.3 is 4.90 Å². The standard InChI is InChI=1S/C61H39NS/c1-3-18-40(19-4-1)44-22-7-8-27-52(44)60-45(41-20-5-2-6-21-41)28-17-32-57(60)62(43-35-37-51-50-26-12-16-33-58(50)63-59(51)39-43)42-34-36-49-48-25-11-15-31-55(48)61(56(49)38-42)53-29-13-9-23-46(53)47-24-10-14-30-54(47)61/h1-39H. The molecule has 0 amide bonds. The summed E-state index contributed by atoms with van der Waals surface area (Å²) >= 11 is 1.87. The van der Waals surface area contributed by atoms with Crippen molar-refractivity contribution in [1.82, 2.24) is 0 Å². The van der Waals surface area contributed by atoms with Crippen molar-refractivity contribution in [3.63, 3.8) is 0 Å². The summed E-state index contributed by atoms with van der Waals surface area (Å²) in [6, 6.07) is 87.9. The first-order valence-electron chi connectivity index (χ1n) is 21.8. The molecule has 0 saturated heterocycles. The Bertz CT molecular complexity index is 3520. The van der Waals surface area contributed by atoms with Crippen LogP contribution in [-0.2, 0) is 5.41 Å². The van der Waals surface area contributed by atoms with E-state index >= 15 is 0 Å². The zero-order valence-corrected chi connectivity index (χ0v) is 35.2. The number of thiophene rings is 1. The maximum absolute atomic E-state index is 2.54. The fourth-order valence-corrected chi connectivity index (χ4v) is 12.1. The van der Waals surface area contributed by atoms with Gasteiger partial charge in [-0.2, -0.15) is 0 Å². The summed E-state index contributed by atoms with van der Waals surface area (Å²) < 4.78 is 2.57. The van der Waals surface area contributed by atoms with Gasteiger partial charge in [0, 0.05) is 37.1 Å². The van der Waals surface area contributed by atoms with Gasteiger partial charge in [0.15, 0.2) is 0 Å². The fraction of sp³-hybridized carbons (Fsp3) is 0.0164. The smallest absolute Gasteiger partial charge is 0.0726 e. The number of nitrogens with zero attached hydrogens (tertiary/aromatic N) is 1. The molecule has 0 radical (unpaired) electrons. The van der Waals surface area contributed by atoms with E-state index in [4.69, 9.17) is 0 Å². The molecule has 0 N–H and O–H groups in total. The Kier molecular flexibility index (Phi) is 8.06. The Morgan fingerprint density at radius 1 is 0.302 bits per heavy atom. The molecule has 0 saturated carbocycles. The van der Waals surface area contributed by atoms with Crippen LogP contribution >= 0.6 is 11.3 Å². The molecule has 63 heavy (non-hydrogen) atoms. The second-order valence-corrected chi connectivity index (χ2v) is 17.8. The second-order valence-electron chi connectivity index (χ2n) is 16.7. The molecule has 0 atom stereocenters. The van der Waals surface area contributed by atoms with E-state index in [1.165, 1.54) is 98.1 Å². The second kappa shape index (κ2) is 14.1. The molecule has 0 unspecified atom stereocenters. The monoisotopic (exact) mass is 817 g/mol. The number of hydrogen-bond donors (Lipinski definition) is 0. The zero-order valence-electron chi connectivity index (χ0n) is 34.4. The predicted molar refractivity (Wildman–Crippen MR) is 267 cm³/mol. The first-order chi connectivity index (χ1) is 31.3. The highest BCUT2D eigenvalue weighted by molar-refractivity contribution is 7.25. The van der Waals surface area contributed by atoms with Crippen LogP contribution in [0.2, 0.25) is 0 Å². The Labute approximate surface area is 371 Å². The molecule has 10 aromatic carbocycles. The summed E-state index contributed by atoms with van der Waals surface area (Å²) in [7, 11) is 0. The molecule has 0 bridgehead atoms. The Morgan fingerprint density at radius 2 is 0.778 bits per heavy atom. The van der Waals surface area contributed by atoms with Crippen LogP contribution in [0.5, 0.6) is 0 Å². The largest absolute Gasteiger partial charge is 0.310 e. The first kappa shape index (κ1) is 35.9. The SMILES string of the molecule is c1ccc(-c2ccccc2-c2c(-c3ccccc3)cccc2N(c2ccc3c(c2)C2(c4ccccc4-c4ccccc42)c2ccccc2-3)c2ccc3c(c2)sc2ccccc23)cc1. The van der Waals surface area contributed by atoms with Crippen molar-refractivity contribution >= 4 is 48.6 Å². The molecule has 1 spiro atoms. The maximum atomic E-state index is 2.54. The van der Waals surface area contributed by atoms with Crippen molar-refractivity contribution in [2.24, 2.45) is 0 Å². The van der Waals surface area contributed by atoms with E-state index in [1.807, 2.05) is 11.3 Å². The number of anilines is 3. The summed E-state index contributed by atoms with van der Waals surface area (Å²) in [5.41, 5.74) is 20.6. The van der Waals surface area contributed by atoms with Gasteiger partial charge in [-0.25, -0.2) is 0 Å². The van der Waals surface area contributed by atoms with Gasteiger partial charge in [-0.05, 0) is 109 Å². The van der Waals surface area contributed by atoms with Crippen molar-refractivity contribution < 1.29 is 0 Å². The molecule has 11 aromatic rings. The molecule has 13 rings (SSSR count). The number of fused-ring (bicyclic) bond motifs is 13. The van der Waals surface area contributed by atoms with E-state index in [9.17, 15) is 0 Å². The van der Waals surface area contributed by atoms with Gasteiger partial charge >= 0.3 is 0 Å². The molecular weight excluding hydrogens is 779 g/mol. The summed E-state index contributed by atoms with van der Waals surface area (Å²) in [6.45, 7) is 0. The van der Waals surface area contributed by atoms with Crippen molar-refractivity contribution in [2.45, 2.75) is 5.41 Å². The lowest BCUT2D eigenvalue weighted by Gasteiger charge is -2.33. The number of rotatable bonds is 6. The molecule has 294 valence electrons. The molecule has 2 aliphatic carbocycles. The van der Waals surface area contributed by atoms with Crippen LogP contribution in [0.3, 0.4) is 0 Å². The van der Waals surface area contributed by atoms with Crippen LogP contribution in [0.15, 0.2) is 237 Å². The Morgan fingerprint density at radius 3 is 1.44 bits per heavy atom. The zero-order chi connectivity index (χ0) is 41.5. The highest BCUT2D eigenvalue weighted by Gasteiger charge is 2.51. The topological polar surface area (TPSA) is 3.24 Å². The lowest BCUT2D eigenvalue weighted by Crippen LogP contribution is -2.26. The third-order valence-electron chi connectivity index (χ3n) is 13.5. The molecule has 0 aliphatic heterocycles. The average molecular weight is 818 g/mol. The lowest BCUT2D eigenvalue weighted by atomic mass is 9.70. The minimum atomic E-state index is -0.467. The molecule has 1 aromatic heterocycles. The third kappa shape index (κ3) is 5.29. The van der Waals surface area contributed by atoms with Gasteiger partial charge in [0.2, 0.25) is 0 Å². The van der Waals surface area contributed by atoms with E-state index < -0.39 is 5.41 Å². The Hall–Kier alpha value is -7.78. The maximum Gasteiger partial charge on any atom is 0.0726 e. The van der Waals surface area contributed by atoms with Crippen LogP contribution in [-0.4, -0.2) is 0 Å². The minimum Gasteiger partial charge on any atom is -0.310 e. The molecular formula is C61H39NS. The number of hydrogen-bond acceptors (Lipinski definition) is 2. The first-order valence-corrected chi connectivity index (χ1v) is 22.6. The summed E-state index contributed by atoms with van der Waals surface area (Å²) in [6.07, 6.45) is 0. The van der Waals surface area contributed by atoms with Crippen molar-refractivity contribution in [1.29, 1.82) is 0 Å². The molecule has 0 fully saturated rings. The van der Waals surface area contributed by atoms with Crippen LogP contribution < -0.4 is 4.90 Å². The van der Waals surface area contributed by atoms with E-state index in [1.54, 1.807) is 0 Å². The van der Waals surface area contributed by atoms with Gasteiger partial charge in [-0.3, -0.25) is 0 Å². The van der Waals surface area contributed by atoms with E-state index in [-0.39, 0.29) is 0 Å². The molecule has 1 nitrogen and oxygen atoms in total. The lowest BCUT2D eigenvalue weighted by molar-refractivity contribution is 0.793. The predicted octanol–water partition coefficient (Wildman–Crippen LogP) is 16.9.